The van der Waals surface area contributed by atoms with Crippen LogP contribution in [0.3, 0.4) is 0 Å². The molecular weight excluding hydrogens is 262 g/mol. The molecule has 3 heteroatoms. The topological polar surface area (TPSA) is 30.5 Å². The molecule has 1 aromatic carbocycles. The first-order chi connectivity index (χ1) is 10.4. The van der Waals surface area contributed by atoms with Gasteiger partial charge < -0.3 is 14.8 Å². The smallest absolute Gasteiger partial charge is 0.231 e. The van der Waals surface area contributed by atoms with Crippen LogP contribution in [0.2, 0.25) is 0 Å². The van der Waals surface area contributed by atoms with E-state index in [0.29, 0.717) is 12.8 Å². The minimum absolute atomic E-state index is 0.372. The molecule has 3 unspecified atom stereocenters. The second-order valence-corrected chi connectivity index (χ2v) is 6.70. The third-order valence-corrected chi connectivity index (χ3v) is 5.65. The molecule has 0 amide bonds. The lowest BCUT2D eigenvalue weighted by Crippen LogP contribution is -2.38. The fourth-order valence-electron chi connectivity index (χ4n) is 4.54. The molecule has 1 saturated carbocycles. The summed E-state index contributed by atoms with van der Waals surface area (Å²) in [5.74, 6) is 3.52. The molecule has 0 spiro atoms. The number of ether oxygens (including phenoxy) is 2. The monoisotopic (exact) mass is 287 g/mol. The number of hydrogen-bond donors (Lipinski definition) is 1. The summed E-state index contributed by atoms with van der Waals surface area (Å²) in [5.41, 5.74) is 2.93. The minimum atomic E-state index is 0.372. The molecule has 0 radical (unpaired) electrons. The van der Waals surface area contributed by atoms with Crippen molar-refractivity contribution in [3.8, 4) is 11.5 Å². The molecule has 3 atom stereocenters. The van der Waals surface area contributed by atoms with Crippen LogP contribution in [0.25, 0.3) is 0 Å². The van der Waals surface area contributed by atoms with Crippen LogP contribution in [0.1, 0.15) is 56.2 Å². The third-order valence-electron chi connectivity index (χ3n) is 5.65. The highest BCUT2D eigenvalue weighted by molar-refractivity contribution is 5.50. The average molecular weight is 287 g/mol. The average Bonchev–Trinajstić information content (AvgIpc) is 2.99. The third kappa shape index (κ3) is 2.32. The highest BCUT2D eigenvalue weighted by atomic mass is 16.7. The van der Waals surface area contributed by atoms with E-state index in [-0.39, 0.29) is 0 Å². The summed E-state index contributed by atoms with van der Waals surface area (Å²) in [5, 5.41) is 3.80. The van der Waals surface area contributed by atoms with Crippen LogP contribution in [0.4, 0.5) is 0 Å². The molecule has 1 fully saturated rings. The standard InChI is InChI=1S/C18H25NO2/c1-2-12-5-3-4-6-14(12)18-15-10-17-16(20-11-21-17)9-13(15)7-8-19-18/h9-10,12,14,18-19H,2-8,11H2,1H3. The fraction of sp³-hybridized carbons (Fsp3) is 0.667. The SMILES string of the molecule is CCC1CCCCC1C1NCCc2cc3c(cc21)OCO3. The Kier molecular flexibility index (Phi) is 3.54. The highest BCUT2D eigenvalue weighted by Gasteiger charge is 2.35. The lowest BCUT2D eigenvalue weighted by Gasteiger charge is -2.40. The van der Waals surface area contributed by atoms with Crippen LogP contribution >= 0.6 is 0 Å². The summed E-state index contributed by atoms with van der Waals surface area (Å²) < 4.78 is 11.1. The van der Waals surface area contributed by atoms with E-state index in [4.69, 9.17) is 9.47 Å². The number of benzene rings is 1. The Hall–Kier alpha value is -1.22. The zero-order valence-electron chi connectivity index (χ0n) is 12.9. The zero-order valence-corrected chi connectivity index (χ0v) is 12.9. The maximum Gasteiger partial charge on any atom is 0.231 e. The molecule has 4 rings (SSSR count). The van der Waals surface area contributed by atoms with Crippen molar-refractivity contribution in [3.63, 3.8) is 0 Å². The molecule has 2 heterocycles. The van der Waals surface area contributed by atoms with Gasteiger partial charge in [-0.2, -0.15) is 0 Å². The van der Waals surface area contributed by atoms with E-state index in [0.717, 1.165) is 36.3 Å². The van der Waals surface area contributed by atoms with Gasteiger partial charge in [0.05, 0.1) is 0 Å². The Labute approximate surface area is 127 Å². The highest BCUT2D eigenvalue weighted by Crippen LogP contribution is 2.45. The predicted octanol–water partition coefficient (Wildman–Crippen LogP) is 3.82. The van der Waals surface area contributed by atoms with Gasteiger partial charge in [0.15, 0.2) is 11.5 Å². The van der Waals surface area contributed by atoms with Gasteiger partial charge in [0.25, 0.3) is 0 Å². The number of hydrogen-bond acceptors (Lipinski definition) is 3. The molecule has 114 valence electrons. The number of nitrogens with one attached hydrogen (secondary N) is 1. The fourth-order valence-corrected chi connectivity index (χ4v) is 4.54. The Morgan fingerprint density at radius 1 is 1.14 bits per heavy atom. The van der Waals surface area contributed by atoms with Gasteiger partial charge in [-0.15, -0.1) is 0 Å². The van der Waals surface area contributed by atoms with Crippen LogP contribution in [0.15, 0.2) is 12.1 Å². The molecule has 1 aromatic rings. The van der Waals surface area contributed by atoms with E-state index in [2.05, 4.69) is 24.4 Å². The Morgan fingerprint density at radius 3 is 2.81 bits per heavy atom. The summed E-state index contributed by atoms with van der Waals surface area (Å²) in [4.78, 5) is 0. The lowest BCUT2D eigenvalue weighted by molar-refractivity contribution is 0.170. The lowest BCUT2D eigenvalue weighted by atomic mass is 9.71. The Morgan fingerprint density at radius 2 is 1.95 bits per heavy atom. The molecule has 21 heavy (non-hydrogen) atoms. The first-order valence-electron chi connectivity index (χ1n) is 8.52. The zero-order chi connectivity index (χ0) is 14.2. The molecule has 1 N–H and O–H groups in total. The quantitative estimate of drug-likeness (QED) is 0.897. The van der Waals surface area contributed by atoms with Gasteiger partial charge in [0.1, 0.15) is 0 Å². The van der Waals surface area contributed by atoms with E-state index in [1.54, 1.807) is 0 Å². The first kappa shape index (κ1) is 13.4. The molecule has 0 aromatic heterocycles. The second kappa shape index (κ2) is 5.53. The van der Waals surface area contributed by atoms with Crippen molar-refractivity contribution in [1.29, 1.82) is 0 Å². The van der Waals surface area contributed by atoms with Gasteiger partial charge in [0.2, 0.25) is 6.79 Å². The van der Waals surface area contributed by atoms with Crippen LogP contribution < -0.4 is 14.8 Å². The molecule has 3 nitrogen and oxygen atoms in total. The van der Waals surface area contributed by atoms with Gasteiger partial charge in [-0.1, -0.05) is 32.6 Å². The van der Waals surface area contributed by atoms with Crippen molar-refractivity contribution >= 4 is 0 Å². The maximum atomic E-state index is 5.60. The van der Waals surface area contributed by atoms with E-state index in [1.807, 2.05) is 0 Å². The largest absolute Gasteiger partial charge is 0.454 e. The Balaban J connectivity index is 1.69. The molecule has 2 aliphatic heterocycles. The summed E-state index contributed by atoms with van der Waals surface area (Å²) in [6, 6.07) is 4.97. The van der Waals surface area contributed by atoms with E-state index in [9.17, 15) is 0 Å². The molecule has 3 aliphatic rings. The van der Waals surface area contributed by atoms with Gasteiger partial charge in [-0.3, -0.25) is 0 Å². The summed E-state index contributed by atoms with van der Waals surface area (Å²) in [6.45, 7) is 3.81. The van der Waals surface area contributed by atoms with Crippen molar-refractivity contribution in [3.05, 3.63) is 23.3 Å². The normalized spacial score (nSPS) is 31.0. The van der Waals surface area contributed by atoms with Gasteiger partial charge in [-0.25, -0.2) is 0 Å². The molecule has 1 aliphatic carbocycles. The van der Waals surface area contributed by atoms with Gasteiger partial charge in [-0.05, 0) is 54.5 Å². The first-order valence-corrected chi connectivity index (χ1v) is 8.52. The van der Waals surface area contributed by atoms with Crippen molar-refractivity contribution < 1.29 is 9.47 Å². The summed E-state index contributed by atoms with van der Waals surface area (Å²) in [6.07, 6.45) is 7.98. The minimum Gasteiger partial charge on any atom is -0.454 e. The van der Waals surface area contributed by atoms with Crippen LogP contribution in [-0.2, 0) is 6.42 Å². The maximum absolute atomic E-state index is 5.60. The van der Waals surface area contributed by atoms with Crippen LogP contribution in [0, 0.1) is 11.8 Å². The van der Waals surface area contributed by atoms with Gasteiger partial charge in [0, 0.05) is 6.04 Å². The summed E-state index contributed by atoms with van der Waals surface area (Å²) >= 11 is 0. The van der Waals surface area contributed by atoms with E-state index >= 15 is 0 Å². The van der Waals surface area contributed by atoms with Crippen LogP contribution in [-0.4, -0.2) is 13.3 Å². The van der Waals surface area contributed by atoms with Crippen molar-refractivity contribution in [2.24, 2.45) is 11.8 Å². The Bertz CT molecular complexity index is 528. The van der Waals surface area contributed by atoms with Gasteiger partial charge >= 0.3 is 0 Å². The second-order valence-electron chi connectivity index (χ2n) is 6.70. The number of fused-ring (bicyclic) bond motifs is 2. The molecule has 0 bridgehead atoms. The van der Waals surface area contributed by atoms with Crippen LogP contribution in [0.5, 0.6) is 11.5 Å². The van der Waals surface area contributed by atoms with Crippen molar-refractivity contribution in [1.82, 2.24) is 5.32 Å². The number of rotatable bonds is 2. The van der Waals surface area contributed by atoms with E-state index in [1.165, 1.54) is 43.2 Å². The molecular formula is C18H25NO2. The van der Waals surface area contributed by atoms with Crippen molar-refractivity contribution in [2.45, 2.75) is 51.5 Å². The molecule has 0 saturated heterocycles. The van der Waals surface area contributed by atoms with Crippen molar-refractivity contribution in [2.75, 3.05) is 13.3 Å². The summed E-state index contributed by atoms with van der Waals surface area (Å²) in [7, 11) is 0. The van der Waals surface area contributed by atoms with E-state index < -0.39 is 0 Å². The predicted molar refractivity (Wildman–Crippen MR) is 82.8 cm³/mol.